The van der Waals surface area contributed by atoms with E-state index in [1.807, 2.05) is 13.0 Å². The number of carbonyl (C=O) groups is 1. The van der Waals surface area contributed by atoms with Crippen LogP contribution < -0.4 is 0 Å². The van der Waals surface area contributed by atoms with Crippen LogP contribution in [0.4, 0.5) is 0 Å². The Labute approximate surface area is 94.7 Å². The minimum Gasteiger partial charge on any atom is -0.481 e. The third-order valence-corrected chi connectivity index (χ3v) is 3.15. The number of carboxylic acids is 1. The van der Waals surface area contributed by atoms with Crippen molar-refractivity contribution in [3.05, 3.63) is 34.1 Å². The van der Waals surface area contributed by atoms with Crippen molar-refractivity contribution in [3.63, 3.8) is 0 Å². The van der Waals surface area contributed by atoms with Crippen LogP contribution >= 0.6 is 15.9 Å². The number of hydrogen-bond acceptors (Lipinski definition) is 2. The summed E-state index contributed by atoms with van der Waals surface area (Å²) < 4.78 is 2.65. The van der Waals surface area contributed by atoms with E-state index in [0.717, 1.165) is 21.1 Å². The van der Waals surface area contributed by atoms with Crippen molar-refractivity contribution in [2.24, 2.45) is 0 Å². The highest BCUT2D eigenvalue weighted by molar-refractivity contribution is 9.10. The smallest absolute Gasteiger partial charge is 0.307 e. The predicted octanol–water partition coefficient (Wildman–Crippen LogP) is 2.03. The molecule has 0 amide bonds. The second-order valence-corrected chi connectivity index (χ2v) is 4.18. The van der Waals surface area contributed by atoms with Crippen LogP contribution in [0.3, 0.4) is 0 Å². The number of aliphatic carboxylic acids is 1. The second-order valence-electron chi connectivity index (χ2n) is 3.32. The van der Waals surface area contributed by atoms with Crippen LogP contribution in [0.2, 0.25) is 0 Å². The van der Waals surface area contributed by atoms with E-state index in [2.05, 4.69) is 21.0 Å². The molecule has 5 heteroatoms. The molecule has 0 saturated carbocycles. The standard InChI is InChI=1S/C10H9BrN2O2/c1-6-8(11)2-3-13-10(6)7(5-12-13)4-9(14)15/h2-3,5H,4H2,1H3,(H,14,15). The lowest BCUT2D eigenvalue weighted by atomic mass is 10.1. The van der Waals surface area contributed by atoms with Crippen LogP contribution in [0.25, 0.3) is 5.52 Å². The van der Waals surface area contributed by atoms with Crippen molar-refractivity contribution in [2.75, 3.05) is 0 Å². The molecule has 0 atom stereocenters. The number of halogens is 1. The molecule has 78 valence electrons. The highest BCUT2D eigenvalue weighted by Gasteiger charge is 2.11. The zero-order chi connectivity index (χ0) is 11.0. The first-order chi connectivity index (χ1) is 7.09. The summed E-state index contributed by atoms with van der Waals surface area (Å²) in [6.45, 7) is 1.94. The third-order valence-electron chi connectivity index (χ3n) is 2.29. The maximum Gasteiger partial charge on any atom is 0.307 e. The molecule has 0 aliphatic rings. The van der Waals surface area contributed by atoms with Crippen molar-refractivity contribution in [3.8, 4) is 0 Å². The van der Waals surface area contributed by atoms with Crippen molar-refractivity contribution in [1.82, 2.24) is 9.61 Å². The summed E-state index contributed by atoms with van der Waals surface area (Å²) in [5.41, 5.74) is 2.61. The average Bonchev–Trinajstić information content (AvgIpc) is 2.55. The van der Waals surface area contributed by atoms with Gasteiger partial charge in [-0.15, -0.1) is 0 Å². The third kappa shape index (κ3) is 1.74. The molecule has 0 unspecified atom stereocenters. The molecule has 2 heterocycles. The summed E-state index contributed by atoms with van der Waals surface area (Å²) in [5, 5.41) is 12.9. The Balaban J connectivity index is 2.66. The molecule has 1 N–H and O–H groups in total. The Kier molecular flexibility index (Phi) is 2.48. The summed E-state index contributed by atoms with van der Waals surface area (Å²) >= 11 is 3.41. The summed E-state index contributed by atoms with van der Waals surface area (Å²) in [4.78, 5) is 10.7. The highest BCUT2D eigenvalue weighted by Crippen LogP contribution is 2.23. The molecule has 2 aromatic rings. The Hall–Kier alpha value is -1.36. The van der Waals surface area contributed by atoms with E-state index in [4.69, 9.17) is 5.11 Å². The number of nitrogens with zero attached hydrogens (tertiary/aromatic N) is 2. The van der Waals surface area contributed by atoms with E-state index in [1.54, 1.807) is 16.9 Å². The molecule has 0 aliphatic carbocycles. The van der Waals surface area contributed by atoms with Crippen LogP contribution in [0.15, 0.2) is 22.9 Å². The lowest BCUT2D eigenvalue weighted by Crippen LogP contribution is -2.00. The summed E-state index contributed by atoms with van der Waals surface area (Å²) in [5.74, 6) is -0.843. The van der Waals surface area contributed by atoms with E-state index in [0.29, 0.717) is 0 Å². The molecule has 15 heavy (non-hydrogen) atoms. The number of pyridine rings is 1. The monoisotopic (exact) mass is 268 g/mol. The maximum absolute atomic E-state index is 10.7. The van der Waals surface area contributed by atoms with Crippen LogP contribution in [0.5, 0.6) is 0 Å². The van der Waals surface area contributed by atoms with E-state index >= 15 is 0 Å². The molecule has 2 aromatic heterocycles. The van der Waals surface area contributed by atoms with Gasteiger partial charge in [0.25, 0.3) is 0 Å². The largest absolute Gasteiger partial charge is 0.481 e. The number of hydrogen-bond donors (Lipinski definition) is 1. The Morgan fingerprint density at radius 3 is 3.07 bits per heavy atom. The number of aryl methyl sites for hydroxylation is 1. The quantitative estimate of drug-likeness (QED) is 0.907. The molecule has 0 spiro atoms. The van der Waals surface area contributed by atoms with Gasteiger partial charge < -0.3 is 5.11 Å². The van der Waals surface area contributed by atoms with Gasteiger partial charge in [0.2, 0.25) is 0 Å². The first-order valence-corrected chi connectivity index (χ1v) is 5.22. The zero-order valence-electron chi connectivity index (χ0n) is 8.07. The fraction of sp³-hybridized carbons (Fsp3) is 0.200. The highest BCUT2D eigenvalue weighted by atomic mass is 79.9. The van der Waals surface area contributed by atoms with Gasteiger partial charge in [-0.2, -0.15) is 5.10 Å². The van der Waals surface area contributed by atoms with Crippen molar-refractivity contribution in [1.29, 1.82) is 0 Å². The average molecular weight is 269 g/mol. The fourth-order valence-electron chi connectivity index (χ4n) is 1.59. The van der Waals surface area contributed by atoms with Crippen LogP contribution in [0.1, 0.15) is 11.1 Å². The number of rotatable bonds is 2. The first kappa shape index (κ1) is 10.2. The summed E-state index contributed by atoms with van der Waals surface area (Å²) in [6.07, 6.45) is 3.40. The van der Waals surface area contributed by atoms with E-state index in [-0.39, 0.29) is 6.42 Å². The molecular weight excluding hydrogens is 260 g/mol. The van der Waals surface area contributed by atoms with E-state index in [1.165, 1.54) is 0 Å². The van der Waals surface area contributed by atoms with Gasteiger partial charge in [-0.05, 0) is 18.6 Å². The molecule has 0 aliphatic heterocycles. The van der Waals surface area contributed by atoms with Gasteiger partial charge in [-0.25, -0.2) is 4.52 Å². The molecule has 0 radical (unpaired) electrons. The lowest BCUT2D eigenvalue weighted by molar-refractivity contribution is -0.136. The summed E-state index contributed by atoms with van der Waals surface area (Å²) in [6, 6.07) is 1.89. The topological polar surface area (TPSA) is 54.6 Å². The van der Waals surface area contributed by atoms with E-state index in [9.17, 15) is 4.79 Å². The molecule has 0 bridgehead atoms. The fourth-order valence-corrected chi connectivity index (χ4v) is 1.90. The van der Waals surface area contributed by atoms with Crippen LogP contribution in [0, 0.1) is 6.92 Å². The Morgan fingerprint density at radius 1 is 1.67 bits per heavy atom. The van der Waals surface area contributed by atoms with Gasteiger partial charge in [-0.1, -0.05) is 15.9 Å². The maximum atomic E-state index is 10.7. The minimum absolute atomic E-state index is 0.000787. The Bertz CT molecular complexity index is 533. The lowest BCUT2D eigenvalue weighted by Gasteiger charge is -2.02. The number of fused-ring (bicyclic) bond motifs is 1. The molecular formula is C10H9BrN2O2. The van der Waals surface area contributed by atoms with Gasteiger partial charge in [0, 0.05) is 16.2 Å². The molecule has 4 nitrogen and oxygen atoms in total. The minimum atomic E-state index is -0.843. The number of aromatic nitrogens is 2. The normalized spacial score (nSPS) is 10.8. The van der Waals surface area contributed by atoms with Crippen molar-refractivity contribution < 1.29 is 9.90 Å². The SMILES string of the molecule is Cc1c(Br)ccn2ncc(CC(=O)O)c12. The second kappa shape index (κ2) is 3.66. The van der Waals surface area contributed by atoms with Gasteiger partial charge >= 0.3 is 5.97 Å². The van der Waals surface area contributed by atoms with Gasteiger partial charge in [0.15, 0.2) is 0 Å². The summed E-state index contributed by atoms with van der Waals surface area (Å²) in [7, 11) is 0. The van der Waals surface area contributed by atoms with Crippen molar-refractivity contribution >= 4 is 27.4 Å². The first-order valence-electron chi connectivity index (χ1n) is 4.42. The van der Waals surface area contributed by atoms with Crippen molar-refractivity contribution in [2.45, 2.75) is 13.3 Å². The van der Waals surface area contributed by atoms with E-state index < -0.39 is 5.97 Å². The van der Waals surface area contributed by atoms with Gasteiger partial charge in [0.1, 0.15) is 0 Å². The molecule has 0 fully saturated rings. The molecule has 0 aromatic carbocycles. The number of carboxylic acid groups (broad SMARTS) is 1. The Morgan fingerprint density at radius 2 is 2.40 bits per heavy atom. The molecule has 0 saturated heterocycles. The predicted molar refractivity (Wildman–Crippen MR) is 59.0 cm³/mol. The molecule has 2 rings (SSSR count). The van der Waals surface area contributed by atoms with Gasteiger partial charge in [-0.3, -0.25) is 4.79 Å². The van der Waals surface area contributed by atoms with Crippen LogP contribution in [-0.2, 0) is 11.2 Å². The van der Waals surface area contributed by atoms with Crippen LogP contribution in [-0.4, -0.2) is 20.7 Å². The van der Waals surface area contributed by atoms with Gasteiger partial charge in [0.05, 0.1) is 18.1 Å². The zero-order valence-corrected chi connectivity index (χ0v) is 9.65.